The molecule has 25 heavy (non-hydrogen) atoms. The number of amides is 1. The zero-order chi connectivity index (χ0) is 17.9. The maximum Gasteiger partial charge on any atom is 0.244 e. The number of fused-ring (bicyclic) bond motifs is 1. The minimum Gasteiger partial charge on any atom is -0.348 e. The first kappa shape index (κ1) is 16.9. The van der Waals surface area contributed by atoms with Crippen LogP contribution in [0.15, 0.2) is 65.8 Å². The van der Waals surface area contributed by atoms with Crippen molar-refractivity contribution in [2.75, 3.05) is 0 Å². The summed E-state index contributed by atoms with van der Waals surface area (Å²) >= 11 is 0. The quantitative estimate of drug-likeness (QED) is 0.672. The van der Waals surface area contributed by atoms with Crippen molar-refractivity contribution in [1.82, 2.24) is 14.7 Å². The van der Waals surface area contributed by atoms with Crippen molar-refractivity contribution in [3.05, 3.63) is 72.2 Å². The van der Waals surface area contributed by atoms with Gasteiger partial charge in [-0.1, -0.05) is 18.2 Å². The van der Waals surface area contributed by atoms with Gasteiger partial charge in [0.15, 0.2) is 0 Å². The Morgan fingerprint density at radius 3 is 2.68 bits per heavy atom. The van der Waals surface area contributed by atoms with E-state index in [0.29, 0.717) is 0 Å². The van der Waals surface area contributed by atoms with Gasteiger partial charge < -0.3 is 9.72 Å². The van der Waals surface area contributed by atoms with Crippen molar-refractivity contribution in [2.45, 2.75) is 11.4 Å². The number of hydrogen-bond donors (Lipinski definition) is 2. The molecule has 8 heteroatoms. The summed E-state index contributed by atoms with van der Waals surface area (Å²) < 4.78 is 24.3. The van der Waals surface area contributed by atoms with E-state index < -0.39 is 10.0 Å². The summed E-state index contributed by atoms with van der Waals surface area (Å²) in [6, 6.07) is 11.7. The number of nitrogens with two attached hydrogens (primary N) is 1. The number of benzene rings is 1. The highest BCUT2D eigenvalue weighted by Crippen LogP contribution is 2.09. The average molecular weight is 356 g/mol. The summed E-state index contributed by atoms with van der Waals surface area (Å²) in [5, 5.41) is 7.77. The zero-order valence-electron chi connectivity index (χ0n) is 13.2. The van der Waals surface area contributed by atoms with Gasteiger partial charge in [-0.05, 0) is 35.9 Å². The first-order valence-electron chi connectivity index (χ1n) is 7.43. The molecule has 3 N–H and O–H groups in total. The molecule has 0 atom stereocenters. The van der Waals surface area contributed by atoms with E-state index in [-0.39, 0.29) is 17.3 Å². The third-order valence-corrected chi connectivity index (χ3v) is 4.50. The fourth-order valence-corrected chi connectivity index (χ4v) is 2.80. The molecule has 0 bridgehead atoms. The number of nitrogens with one attached hydrogen (secondary N) is 1. The summed E-state index contributed by atoms with van der Waals surface area (Å²) in [5.41, 5.74) is 2.37. The van der Waals surface area contributed by atoms with Crippen LogP contribution in [-0.4, -0.2) is 23.7 Å². The Morgan fingerprint density at radius 1 is 1.20 bits per heavy atom. The highest BCUT2D eigenvalue weighted by Gasteiger charge is 2.07. The maximum atomic E-state index is 11.9. The first-order chi connectivity index (χ1) is 11.9. The number of rotatable bonds is 5. The molecule has 128 valence electrons. The van der Waals surface area contributed by atoms with Crippen molar-refractivity contribution in [3.63, 3.8) is 0 Å². The first-order valence-corrected chi connectivity index (χ1v) is 8.98. The third kappa shape index (κ3) is 4.11. The van der Waals surface area contributed by atoms with Gasteiger partial charge in [0.05, 0.1) is 16.8 Å². The molecule has 0 fully saturated rings. The molecule has 0 aliphatic heterocycles. The number of nitrogens with zero attached hydrogens (tertiary/aromatic N) is 2. The minimum absolute atomic E-state index is 0.0371. The maximum absolute atomic E-state index is 11.9. The lowest BCUT2D eigenvalue weighted by atomic mass is 10.2. The van der Waals surface area contributed by atoms with E-state index in [1.807, 2.05) is 28.8 Å². The smallest absolute Gasteiger partial charge is 0.244 e. The Bertz CT molecular complexity index is 1040. The SMILES string of the molecule is NS(=O)(=O)c1ccc(CNC(=O)/C=C/c2cnc3ccccn23)cc1. The largest absolute Gasteiger partial charge is 0.348 e. The number of hydrogen-bond acceptors (Lipinski definition) is 4. The average Bonchev–Trinajstić information content (AvgIpc) is 3.01. The molecule has 0 saturated heterocycles. The number of carbonyl (C=O) groups excluding carboxylic acids is 1. The summed E-state index contributed by atoms with van der Waals surface area (Å²) in [6.45, 7) is 0.279. The molecule has 0 saturated carbocycles. The molecule has 2 heterocycles. The van der Waals surface area contributed by atoms with Gasteiger partial charge in [0, 0.05) is 18.8 Å². The Kier molecular flexibility index (Phi) is 4.64. The number of imidazole rings is 1. The number of sulfonamides is 1. The molecule has 7 nitrogen and oxygen atoms in total. The monoisotopic (exact) mass is 356 g/mol. The molecule has 1 amide bonds. The van der Waals surface area contributed by atoms with E-state index in [1.165, 1.54) is 18.2 Å². The van der Waals surface area contributed by atoms with Crippen molar-refractivity contribution in [2.24, 2.45) is 5.14 Å². The minimum atomic E-state index is -3.71. The van der Waals surface area contributed by atoms with Crippen molar-refractivity contribution < 1.29 is 13.2 Å². The van der Waals surface area contributed by atoms with Gasteiger partial charge in [-0.2, -0.15) is 0 Å². The third-order valence-electron chi connectivity index (χ3n) is 3.57. The molecular weight excluding hydrogens is 340 g/mol. The number of pyridine rings is 1. The molecule has 0 aliphatic carbocycles. The molecular formula is C17H16N4O3S. The topological polar surface area (TPSA) is 107 Å². The van der Waals surface area contributed by atoms with Gasteiger partial charge in [0.25, 0.3) is 0 Å². The fourth-order valence-electron chi connectivity index (χ4n) is 2.28. The van der Waals surface area contributed by atoms with Gasteiger partial charge >= 0.3 is 0 Å². The molecule has 0 aliphatic rings. The predicted molar refractivity (Wildman–Crippen MR) is 93.9 cm³/mol. The zero-order valence-corrected chi connectivity index (χ0v) is 14.0. The van der Waals surface area contributed by atoms with E-state index in [9.17, 15) is 13.2 Å². The molecule has 2 aromatic heterocycles. The van der Waals surface area contributed by atoms with Crippen LogP contribution in [-0.2, 0) is 21.4 Å². The fraction of sp³-hybridized carbons (Fsp3) is 0.0588. The van der Waals surface area contributed by atoms with E-state index in [0.717, 1.165) is 16.9 Å². The lowest BCUT2D eigenvalue weighted by Crippen LogP contribution is -2.20. The summed E-state index contributed by atoms with van der Waals surface area (Å²) in [6.07, 6.45) is 6.66. The lowest BCUT2D eigenvalue weighted by Gasteiger charge is -2.04. The second kappa shape index (κ2) is 6.88. The second-order valence-corrected chi connectivity index (χ2v) is 6.91. The second-order valence-electron chi connectivity index (χ2n) is 5.35. The van der Waals surface area contributed by atoms with Crippen LogP contribution in [0.3, 0.4) is 0 Å². The van der Waals surface area contributed by atoms with Gasteiger partial charge in [-0.15, -0.1) is 0 Å². The van der Waals surface area contributed by atoms with Gasteiger partial charge in [-0.25, -0.2) is 18.5 Å². The van der Waals surface area contributed by atoms with Crippen molar-refractivity contribution in [3.8, 4) is 0 Å². The highest BCUT2D eigenvalue weighted by atomic mass is 32.2. The molecule has 0 radical (unpaired) electrons. The van der Waals surface area contributed by atoms with Crippen LogP contribution in [0, 0.1) is 0 Å². The summed E-state index contributed by atoms with van der Waals surface area (Å²) in [7, 11) is -3.71. The van der Waals surface area contributed by atoms with E-state index in [1.54, 1.807) is 24.4 Å². The summed E-state index contributed by atoms with van der Waals surface area (Å²) in [4.78, 5) is 16.2. The van der Waals surface area contributed by atoms with Crippen LogP contribution in [0.2, 0.25) is 0 Å². The van der Waals surface area contributed by atoms with Crippen LogP contribution >= 0.6 is 0 Å². The summed E-state index contributed by atoms with van der Waals surface area (Å²) in [5.74, 6) is -0.263. The van der Waals surface area contributed by atoms with Crippen molar-refractivity contribution >= 4 is 27.7 Å². The standard InChI is InChI=1S/C17H16N4O3S/c18-25(23,24)15-7-4-13(5-8-15)11-20-17(22)9-6-14-12-19-16-3-1-2-10-21(14)16/h1-10,12H,11H2,(H,20,22)(H2,18,23,24)/b9-6+. The molecule has 1 aromatic carbocycles. The van der Waals surface area contributed by atoms with E-state index in [4.69, 9.17) is 5.14 Å². The molecule has 0 unspecified atom stereocenters. The Labute approximate surface area is 144 Å². The van der Waals surface area contributed by atoms with Crippen LogP contribution in [0.1, 0.15) is 11.3 Å². The highest BCUT2D eigenvalue weighted by molar-refractivity contribution is 7.89. The molecule has 0 spiro atoms. The number of primary sulfonamides is 1. The Hall–Kier alpha value is -2.97. The number of aromatic nitrogens is 2. The Balaban J connectivity index is 1.61. The number of carbonyl (C=O) groups is 1. The lowest BCUT2D eigenvalue weighted by molar-refractivity contribution is -0.116. The van der Waals surface area contributed by atoms with Crippen LogP contribution in [0.4, 0.5) is 0 Å². The van der Waals surface area contributed by atoms with Crippen molar-refractivity contribution in [1.29, 1.82) is 0 Å². The predicted octanol–water partition coefficient (Wildman–Crippen LogP) is 1.31. The van der Waals surface area contributed by atoms with Gasteiger partial charge in [-0.3, -0.25) is 4.79 Å². The van der Waals surface area contributed by atoms with Gasteiger partial charge in [0.1, 0.15) is 5.65 Å². The normalized spacial score (nSPS) is 11.9. The molecule has 3 rings (SSSR count). The van der Waals surface area contributed by atoms with Crippen LogP contribution < -0.4 is 10.5 Å². The molecule has 3 aromatic rings. The van der Waals surface area contributed by atoms with Gasteiger partial charge in [0.2, 0.25) is 15.9 Å². The van der Waals surface area contributed by atoms with E-state index >= 15 is 0 Å². The Morgan fingerprint density at radius 2 is 1.96 bits per heavy atom. The van der Waals surface area contributed by atoms with Crippen LogP contribution in [0.25, 0.3) is 11.7 Å². The van der Waals surface area contributed by atoms with Crippen LogP contribution in [0.5, 0.6) is 0 Å². The van der Waals surface area contributed by atoms with E-state index in [2.05, 4.69) is 10.3 Å².